The first-order valence-corrected chi connectivity index (χ1v) is 4.47. The van der Waals surface area contributed by atoms with Crippen LogP contribution in [0, 0.1) is 6.92 Å². The van der Waals surface area contributed by atoms with Crippen LogP contribution in [0.3, 0.4) is 0 Å². The van der Waals surface area contributed by atoms with E-state index in [0.29, 0.717) is 16.6 Å². The summed E-state index contributed by atoms with van der Waals surface area (Å²) >= 11 is 0. The molecule has 0 amide bonds. The van der Waals surface area contributed by atoms with Gasteiger partial charge in [-0.3, -0.25) is 0 Å². The highest BCUT2D eigenvalue weighted by Crippen LogP contribution is 2.23. The third kappa shape index (κ3) is 1.50. The van der Waals surface area contributed by atoms with Crippen LogP contribution in [0.2, 0.25) is 0 Å². The maximum Gasteiger partial charge on any atom is 0.337 e. The molecule has 2 rings (SSSR count). The first-order chi connectivity index (χ1) is 7.09. The van der Waals surface area contributed by atoms with Gasteiger partial charge in [0.1, 0.15) is 5.82 Å². The van der Waals surface area contributed by atoms with Crippen LogP contribution < -0.4 is 5.73 Å². The van der Waals surface area contributed by atoms with Crippen LogP contribution in [0.1, 0.15) is 15.9 Å². The van der Waals surface area contributed by atoms with E-state index in [1.807, 2.05) is 19.1 Å². The van der Waals surface area contributed by atoms with Crippen molar-refractivity contribution in [1.82, 2.24) is 4.98 Å². The molecule has 4 heteroatoms. The molecule has 4 nitrogen and oxygen atoms in total. The fourth-order valence-electron chi connectivity index (χ4n) is 1.55. The quantitative estimate of drug-likeness (QED) is 0.739. The van der Waals surface area contributed by atoms with E-state index in [1.165, 1.54) is 6.20 Å². The summed E-state index contributed by atoms with van der Waals surface area (Å²) in [5, 5.41) is 10.3. The van der Waals surface area contributed by atoms with Crippen molar-refractivity contribution in [2.24, 2.45) is 0 Å². The minimum atomic E-state index is -0.989. The number of hydrogen-bond donors (Lipinski definition) is 2. The van der Waals surface area contributed by atoms with Crippen molar-refractivity contribution in [3.63, 3.8) is 0 Å². The van der Waals surface area contributed by atoms with Crippen molar-refractivity contribution >= 4 is 22.6 Å². The number of aromatic carboxylic acids is 1. The molecule has 0 aliphatic carbocycles. The average molecular weight is 202 g/mol. The Hall–Kier alpha value is -2.10. The first kappa shape index (κ1) is 9.45. The number of aromatic nitrogens is 1. The van der Waals surface area contributed by atoms with E-state index in [-0.39, 0.29) is 5.56 Å². The van der Waals surface area contributed by atoms with Crippen LogP contribution in [0.25, 0.3) is 10.8 Å². The van der Waals surface area contributed by atoms with E-state index >= 15 is 0 Å². The molecule has 2 aromatic rings. The summed E-state index contributed by atoms with van der Waals surface area (Å²) in [6.45, 7) is 1.92. The number of anilines is 1. The Morgan fingerprint density at radius 3 is 2.80 bits per heavy atom. The Bertz CT molecular complexity index is 550. The highest BCUT2D eigenvalue weighted by atomic mass is 16.4. The Morgan fingerprint density at radius 2 is 2.13 bits per heavy atom. The van der Waals surface area contributed by atoms with Crippen LogP contribution in [0.15, 0.2) is 24.4 Å². The zero-order valence-electron chi connectivity index (χ0n) is 8.19. The smallest absolute Gasteiger partial charge is 0.337 e. The summed E-state index contributed by atoms with van der Waals surface area (Å²) < 4.78 is 0. The van der Waals surface area contributed by atoms with Gasteiger partial charge < -0.3 is 10.8 Å². The third-order valence-electron chi connectivity index (χ3n) is 2.30. The zero-order chi connectivity index (χ0) is 11.0. The third-order valence-corrected chi connectivity index (χ3v) is 2.30. The lowest BCUT2D eigenvalue weighted by Crippen LogP contribution is -2.01. The minimum Gasteiger partial charge on any atom is -0.478 e. The van der Waals surface area contributed by atoms with Gasteiger partial charge in [-0.2, -0.15) is 0 Å². The summed E-state index contributed by atoms with van der Waals surface area (Å²) in [6, 6.07) is 5.45. The highest BCUT2D eigenvalue weighted by molar-refractivity contribution is 6.06. The van der Waals surface area contributed by atoms with Crippen molar-refractivity contribution in [3.05, 3.63) is 35.5 Å². The number of aryl methyl sites for hydroxylation is 1. The topological polar surface area (TPSA) is 76.2 Å². The fourth-order valence-corrected chi connectivity index (χ4v) is 1.55. The first-order valence-electron chi connectivity index (χ1n) is 4.47. The van der Waals surface area contributed by atoms with Gasteiger partial charge >= 0.3 is 5.97 Å². The number of carboxylic acid groups (broad SMARTS) is 1. The number of nitrogen functional groups attached to an aromatic ring is 1. The number of nitrogens with zero attached hydrogens (tertiary/aromatic N) is 1. The molecule has 0 saturated heterocycles. The summed E-state index contributed by atoms with van der Waals surface area (Å²) in [5.74, 6) is -0.630. The Balaban J connectivity index is 2.88. The highest BCUT2D eigenvalue weighted by Gasteiger charge is 2.10. The molecule has 0 radical (unpaired) electrons. The number of hydrogen-bond acceptors (Lipinski definition) is 3. The Labute approximate surface area is 86.4 Å². The lowest BCUT2D eigenvalue weighted by atomic mass is 10.0. The van der Waals surface area contributed by atoms with Gasteiger partial charge in [-0.15, -0.1) is 0 Å². The zero-order valence-corrected chi connectivity index (χ0v) is 8.19. The van der Waals surface area contributed by atoms with Crippen LogP contribution in [-0.2, 0) is 0 Å². The van der Waals surface area contributed by atoms with Crippen LogP contribution in [0.5, 0.6) is 0 Å². The molecule has 0 bridgehead atoms. The van der Waals surface area contributed by atoms with E-state index in [2.05, 4.69) is 4.98 Å². The van der Waals surface area contributed by atoms with Crippen molar-refractivity contribution in [3.8, 4) is 0 Å². The SMILES string of the molecule is Cc1ccc2c(C(=O)O)cnc(N)c2c1. The molecule has 1 aromatic heterocycles. The van der Waals surface area contributed by atoms with E-state index in [4.69, 9.17) is 10.8 Å². The molecule has 0 atom stereocenters. The molecule has 15 heavy (non-hydrogen) atoms. The van der Waals surface area contributed by atoms with Gasteiger partial charge in [-0.1, -0.05) is 17.7 Å². The van der Waals surface area contributed by atoms with E-state index in [1.54, 1.807) is 6.07 Å². The number of carbonyl (C=O) groups is 1. The average Bonchev–Trinajstić information content (AvgIpc) is 2.19. The lowest BCUT2D eigenvalue weighted by molar-refractivity contribution is 0.0698. The van der Waals surface area contributed by atoms with Gasteiger partial charge in [-0.25, -0.2) is 9.78 Å². The lowest BCUT2D eigenvalue weighted by Gasteiger charge is -2.05. The van der Waals surface area contributed by atoms with Crippen molar-refractivity contribution in [2.45, 2.75) is 6.92 Å². The van der Waals surface area contributed by atoms with Crippen molar-refractivity contribution in [1.29, 1.82) is 0 Å². The van der Waals surface area contributed by atoms with E-state index < -0.39 is 5.97 Å². The standard InChI is InChI=1S/C11H10N2O2/c1-6-2-3-7-8(4-6)10(12)13-5-9(7)11(14)15/h2-5H,1H3,(H2,12,13)(H,14,15). The number of rotatable bonds is 1. The molecule has 0 fully saturated rings. The number of benzene rings is 1. The van der Waals surface area contributed by atoms with Gasteiger partial charge in [0.25, 0.3) is 0 Å². The van der Waals surface area contributed by atoms with Crippen molar-refractivity contribution in [2.75, 3.05) is 5.73 Å². The van der Waals surface area contributed by atoms with Gasteiger partial charge in [0.05, 0.1) is 5.56 Å². The summed E-state index contributed by atoms with van der Waals surface area (Å²) in [7, 11) is 0. The second-order valence-corrected chi connectivity index (χ2v) is 3.41. The molecule has 1 heterocycles. The largest absolute Gasteiger partial charge is 0.478 e. The van der Waals surface area contributed by atoms with Gasteiger partial charge in [0.2, 0.25) is 0 Å². The Kier molecular flexibility index (Phi) is 2.04. The second kappa shape index (κ2) is 3.24. The fraction of sp³-hybridized carbons (Fsp3) is 0.0909. The van der Waals surface area contributed by atoms with Crippen molar-refractivity contribution < 1.29 is 9.90 Å². The van der Waals surface area contributed by atoms with Crippen LogP contribution >= 0.6 is 0 Å². The number of pyridine rings is 1. The van der Waals surface area contributed by atoms with Gasteiger partial charge in [0, 0.05) is 17.0 Å². The molecular weight excluding hydrogens is 192 g/mol. The summed E-state index contributed by atoms with van der Waals surface area (Å²) in [4.78, 5) is 14.8. The number of carboxylic acids is 1. The van der Waals surface area contributed by atoms with Crippen LogP contribution in [-0.4, -0.2) is 16.1 Å². The summed E-state index contributed by atoms with van der Waals surface area (Å²) in [5.41, 5.74) is 6.90. The molecule has 0 saturated carbocycles. The molecule has 0 aliphatic rings. The monoisotopic (exact) mass is 202 g/mol. The minimum absolute atomic E-state index is 0.180. The van der Waals surface area contributed by atoms with Crippen LogP contribution in [0.4, 0.5) is 5.82 Å². The Morgan fingerprint density at radius 1 is 1.40 bits per heavy atom. The second-order valence-electron chi connectivity index (χ2n) is 3.41. The maximum absolute atomic E-state index is 10.9. The molecule has 76 valence electrons. The normalized spacial score (nSPS) is 10.5. The number of nitrogens with two attached hydrogens (primary N) is 1. The molecule has 0 aliphatic heterocycles. The van der Waals surface area contributed by atoms with Gasteiger partial charge in [0.15, 0.2) is 0 Å². The van der Waals surface area contributed by atoms with Gasteiger partial charge in [-0.05, 0) is 13.0 Å². The molecule has 0 spiro atoms. The predicted molar refractivity (Wildman–Crippen MR) is 57.9 cm³/mol. The molecule has 3 N–H and O–H groups in total. The summed E-state index contributed by atoms with van der Waals surface area (Å²) in [6.07, 6.45) is 1.29. The van der Waals surface area contributed by atoms with E-state index in [9.17, 15) is 4.79 Å². The molecule has 0 unspecified atom stereocenters. The van der Waals surface area contributed by atoms with E-state index in [0.717, 1.165) is 5.56 Å². The maximum atomic E-state index is 10.9. The number of fused-ring (bicyclic) bond motifs is 1. The predicted octanol–water partition coefficient (Wildman–Crippen LogP) is 1.82. The molecule has 1 aromatic carbocycles. The molecular formula is C11H10N2O2.